The van der Waals surface area contributed by atoms with Crippen LogP contribution in [0.4, 0.5) is 0 Å². The van der Waals surface area contributed by atoms with Crippen molar-refractivity contribution in [3.63, 3.8) is 0 Å². The Labute approximate surface area is 70.3 Å². The fourth-order valence-corrected chi connectivity index (χ4v) is 0.685. The maximum absolute atomic E-state index is 11.1. The van der Waals surface area contributed by atoms with Crippen LogP contribution in [0.3, 0.4) is 0 Å². The number of pyridine rings is 1. The highest BCUT2D eigenvalue weighted by Crippen LogP contribution is 1.93. The molecule has 0 unspecified atom stereocenters. The van der Waals surface area contributed by atoms with Gasteiger partial charge in [0.05, 0.1) is 5.56 Å². The first kappa shape index (κ1) is 8.39. The molecule has 0 aliphatic rings. The fourth-order valence-electron chi connectivity index (χ4n) is 0.685. The average Bonchev–Trinajstić information content (AvgIpc) is 2.15. The summed E-state index contributed by atoms with van der Waals surface area (Å²) in [5.41, 5.74) is 2.84. The summed E-state index contributed by atoms with van der Waals surface area (Å²) in [5.74, 6) is -0.249. The van der Waals surface area contributed by atoms with Crippen LogP contribution in [0.1, 0.15) is 17.3 Å². The molecule has 1 aromatic heterocycles. The standard InChI is InChI=1S/C8H9N3O/c1-2-10-11-8(12)7-4-3-5-9-6-7/h2-6H,1H3,(H,11,12)/b10-2-. The van der Waals surface area contributed by atoms with E-state index in [1.807, 2.05) is 0 Å². The molecule has 0 spiro atoms. The van der Waals surface area contributed by atoms with Gasteiger partial charge in [0.2, 0.25) is 0 Å². The Morgan fingerprint density at radius 1 is 1.75 bits per heavy atom. The lowest BCUT2D eigenvalue weighted by Crippen LogP contribution is -2.17. The van der Waals surface area contributed by atoms with Gasteiger partial charge in [-0.1, -0.05) is 0 Å². The number of nitrogens with one attached hydrogen (secondary N) is 1. The fraction of sp³-hybridized carbons (Fsp3) is 0.125. The van der Waals surface area contributed by atoms with Gasteiger partial charge in [0.1, 0.15) is 0 Å². The molecule has 62 valence electrons. The Bertz CT molecular complexity index is 282. The van der Waals surface area contributed by atoms with E-state index in [1.54, 1.807) is 25.3 Å². The second-order valence-corrected chi connectivity index (χ2v) is 2.07. The molecule has 0 fully saturated rings. The molecule has 0 saturated carbocycles. The van der Waals surface area contributed by atoms with Crippen molar-refractivity contribution in [3.8, 4) is 0 Å². The molecule has 12 heavy (non-hydrogen) atoms. The number of hydrogen-bond donors (Lipinski definition) is 1. The van der Waals surface area contributed by atoms with Gasteiger partial charge in [-0.05, 0) is 19.1 Å². The minimum atomic E-state index is -0.249. The zero-order valence-corrected chi connectivity index (χ0v) is 6.69. The zero-order chi connectivity index (χ0) is 8.81. The number of hydrogen-bond acceptors (Lipinski definition) is 3. The summed E-state index contributed by atoms with van der Waals surface area (Å²) in [5, 5.41) is 3.60. The Kier molecular flexibility index (Phi) is 2.95. The van der Waals surface area contributed by atoms with Crippen LogP contribution in [0, 0.1) is 0 Å². The largest absolute Gasteiger partial charge is 0.272 e. The molecule has 0 aromatic carbocycles. The van der Waals surface area contributed by atoms with E-state index in [9.17, 15) is 4.79 Å². The lowest BCUT2D eigenvalue weighted by atomic mass is 10.3. The minimum Gasteiger partial charge on any atom is -0.267 e. The third-order valence-corrected chi connectivity index (χ3v) is 1.22. The van der Waals surface area contributed by atoms with Gasteiger partial charge >= 0.3 is 0 Å². The van der Waals surface area contributed by atoms with Crippen molar-refractivity contribution in [2.75, 3.05) is 0 Å². The van der Waals surface area contributed by atoms with Crippen LogP contribution >= 0.6 is 0 Å². The summed E-state index contributed by atoms with van der Waals surface area (Å²) in [6.45, 7) is 1.73. The lowest BCUT2D eigenvalue weighted by molar-refractivity contribution is 0.0954. The van der Waals surface area contributed by atoms with Crippen molar-refractivity contribution in [2.24, 2.45) is 5.10 Å². The summed E-state index contributed by atoms with van der Waals surface area (Å²) in [7, 11) is 0. The molecule has 0 saturated heterocycles. The van der Waals surface area contributed by atoms with Crippen molar-refractivity contribution >= 4 is 12.1 Å². The van der Waals surface area contributed by atoms with Crippen LogP contribution in [0.5, 0.6) is 0 Å². The van der Waals surface area contributed by atoms with Crippen molar-refractivity contribution in [3.05, 3.63) is 30.1 Å². The van der Waals surface area contributed by atoms with Crippen LogP contribution in [0.25, 0.3) is 0 Å². The lowest BCUT2D eigenvalue weighted by Gasteiger charge is -1.96. The highest BCUT2D eigenvalue weighted by atomic mass is 16.2. The number of rotatable bonds is 2. The summed E-state index contributed by atoms with van der Waals surface area (Å²) >= 11 is 0. The van der Waals surface area contributed by atoms with Crippen molar-refractivity contribution in [1.82, 2.24) is 10.4 Å². The van der Waals surface area contributed by atoms with Crippen LogP contribution in [0.15, 0.2) is 29.6 Å². The predicted octanol–water partition coefficient (Wildman–Crippen LogP) is 0.817. The van der Waals surface area contributed by atoms with Gasteiger partial charge in [-0.3, -0.25) is 9.78 Å². The first-order valence-corrected chi connectivity index (χ1v) is 3.52. The molecule has 0 atom stereocenters. The maximum Gasteiger partial charge on any atom is 0.272 e. The molecule has 1 rings (SSSR count). The topological polar surface area (TPSA) is 54.4 Å². The number of nitrogens with zero attached hydrogens (tertiary/aromatic N) is 2. The van der Waals surface area contributed by atoms with Crippen molar-refractivity contribution in [2.45, 2.75) is 6.92 Å². The molecule has 4 nitrogen and oxygen atoms in total. The quantitative estimate of drug-likeness (QED) is 0.518. The zero-order valence-electron chi connectivity index (χ0n) is 6.69. The Balaban J connectivity index is 2.66. The first-order chi connectivity index (χ1) is 5.84. The van der Waals surface area contributed by atoms with E-state index in [1.165, 1.54) is 12.4 Å². The second-order valence-electron chi connectivity index (χ2n) is 2.07. The average molecular weight is 163 g/mol. The van der Waals surface area contributed by atoms with Gasteiger partial charge in [-0.15, -0.1) is 0 Å². The van der Waals surface area contributed by atoms with Crippen molar-refractivity contribution in [1.29, 1.82) is 0 Å². The molecular formula is C8H9N3O. The minimum absolute atomic E-state index is 0.249. The number of amides is 1. The van der Waals surface area contributed by atoms with Gasteiger partial charge in [-0.2, -0.15) is 5.10 Å². The predicted molar refractivity (Wildman–Crippen MR) is 45.9 cm³/mol. The van der Waals surface area contributed by atoms with E-state index in [0.717, 1.165) is 0 Å². The molecular weight excluding hydrogens is 154 g/mol. The highest BCUT2D eigenvalue weighted by molar-refractivity contribution is 5.93. The monoisotopic (exact) mass is 163 g/mol. The van der Waals surface area contributed by atoms with Crippen LogP contribution in [-0.4, -0.2) is 17.1 Å². The first-order valence-electron chi connectivity index (χ1n) is 3.52. The number of aromatic nitrogens is 1. The van der Waals surface area contributed by atoms with Crippen LogP contribution < -0.4 is 5.43 Å². The van der Waals surface area contributed by atoms with E-state index in [2.05, 4.69) is 15.5 Å². The van der Waals surface area contributed by atoms with E-state index >= 15 is 0 Å². The molecule has 1 heterocycles. The second kappa shape index (κ2) is 4.23. The Morgan fingerprint density at radius 2 is 2.58 bits per heavy atom. The van der Waals surface area contributed by atoms with Gasteiger partial charge in [0.15, 0.2) is 0 Å². The molecule has 1 amide bonds. The van der Waals surface area contributed by atoms with Gasteiger partial charge < -0.3 is 0 Å². The Hall–Kier alpha value is -1.71. The number of hydrazone groups is 1. The number of carbonyl (C=O) groups excluding carboxylic acids is 1. The van der Waals surface area contributed by atoms with Crippen LogP contribution in [0.2, 0.25) is 0 Å². The van der Waals surface area contributed by atoms with Gasteiger partial charge in [0.25, 0.3) is 5.91 Å². The van der Waals surface area contributed by atoms with Gasteiger partial charge in [0, 0.05) is 18.6 Å². The third kappa shape index (κ3) is 2.16. The summed E-state index contributed by atoms with van der Waals surface area (Å²) in [6, 6.07) is 3.37. The van der Waals surface area contributed by atoms with E-state index in [4.69, 9.17) is 0 Å². The molecule has 0 bridgehead atoms. The molecule has 0 aliphatic heterocycles. The number of carbonyl (C=O) groups is 1. The van der Waals surface area contributed by atoms with E-state index in [-0.39, 0.29) is 5.91 Å². The summed E-state index contributed by atoms with van der Waals surface area (Å²) in [4.78, 5) is 14.9. The Morgan fingerprint density at radius 3 is 3.17 bits per heavy atom. The smallest absolute Gasteiger partial charge is 0.267 e. The van der Waals surface area contributed by atoms with E-state index < -0.39 is 0 Å². The molecule has 4 heteroatoms. The van der Waals surface area contributed by atoms with Crippen molar-refractivity contribution < 1.29 is 4.79 Å². The molecule has 0 aliphatic carbocycles. The molecule has 0 radical (unpaired) electrons. The summed E-state index contributed by atoms with van der Waals surface area (Å²) < 4.78 is 0. The highest BCUT2D eigenvalue weighted by Gasteiger charge is 2.01. The van der Waals surface area contributed by atoms with Gasteiger partial charge in [-0.25, -0.2) is 5.43 Å². The van der Waals surface area contributed by atoms with E-state index in [0.29, 0.717) is 5.56 Å². The SMILES string of the molecule is C/C=N\NC(=O)c1cccnc1. The molecule has 1 N–H and O–H groups in total. The maximum atomic E-state index is 11.1. The third-order valence-electron chi connectivity index (χ3n) is 1.22. The van der Waals surface area contributed by atoms with Crippen LogP contribution in [-0.2, 0) is 0 Å². The molecule has 1 aromatic rings. The normalized spacial score (nSPS) is 10.1. The summed E-state index contributed by atoms with van der Waals surface area (Å²) in [6.07, 6.45) is 4.61.